The maximum Gasteiger partial charge on any atom is 0.307 e. The predicted molar refractivity (Wildman–Crippen MR) is 60.7 cm³/mol. The summed E-state index contributed by atoms with van der Waals surface area (Å²) in [5, 5.41) is 3.51. The van der Waals surface area contributed by atoms with E-state index in [-0.39, 0.29) is 12.0 Å². The summed E-state index contributed by atoms with van der Waals surface area (Å²) >= 11 is 0. The monoisotopic (exact) mass is 213 g/mol. The Hall–Kier alpha value is -0.570. The highest BCUT2D eigenvalue weighted by Gasteiger charge is 2.17. The highest BCUT2D eigenvalue weighted by molar-refractivity contribution is 5.70. The van der Waals surface area contributed by atoms with Crippen LogP contribution in [0.3, 0.4) is 0 Å². The van der Waals surface area contributed by atoms with Gasteiger partial charge in [0.25, 0.3) is 0 Å². The van der Waals surface area contributed by atoms with Gasteiger partial charge in [-0.1, -0.05) is 19.3 Å². The number of nitrogens with one attached hydrogen (secondary N) is 1. The standard InChI is InChI=1S/C12H23NO2/c1-3-15-12(14)9-10(2)13-11-7-5-4-6-8-11/h10-11,13H,3-9H2,1-2H3/t10-/m1/s1. The topological polar surface area (TPSA) is 38.3 Å². The molecule has 3 nitrogen and oxygen atoms in total. The van der Waals surface area contributed by atoms with Crippen LogP contribution < -0.4 is 5.32 Å². The molecule has 0 unspecified atom stereocenters. The molecule has 0 bridgehead atoms. The van der Waals surface area contributed by atoms with E-state index in [1.165, 1.54) is 32.1 Å². The number of ether oxygens (including phenoxy) is 1. The molecule has 0 aliphatic heterocycles. The van der Waals surface area contributed by atoms with E-state index in [4.69, 9.17) is 4.74 Å². The highest BCUT2D eigenvalue weighted by atomic mass is 16.5. The maximum absolute atomic E-state index is 11.2. The lowest BCUT2D eigenvalue weighted by Crippen LogP contribution is -2.39. The third-order valence-corrected chi connectivity index (χ3v) is 2.90. The van der Waals surface area contributed by atoms with Gasteiger partial charge in [-0.2, -0.15) is 0 Å². The first-order chi connectivity index (χ1) is 7.22. The molecule has 15 heavy (non-hydrogen) atoms. The van der Waals surface area contributed by atoms with Gasteiger partial charge in [0.1, 0.15) is 0 Å². The Morgan fingerprint density at radius 2 is 2.07 bits per heavy atom. The van der Waals surface area contributed by atoms with Crippen molar-refractivity contribution in [2.45, 2.75) is 64.5 Å². The molecule has 88 valence electrons. The van der Waals surface area contributed by atoms with E-state index < -0.39 is 0 Å². The molecular weight excluding hydrogens is 190 g/mol. The zero-order chi connectivity index (χ0) is 11.1. The molecule has 1 rings (SSSR count). The number of esters is 1. The molecule has 1 aliphatic carbocycles. The smallest absolute Gasteiger partial charge is 0.307 e. The van der Waals surface area contributed by atoms with Gasteiger partial charge in [-0.3, -0.25) is 4.79 Å². The van der Waals surface area contributed by atoms with Crippen molar-refractivity contribution in [3.05, 3.63) is 0 Å². The average Bonchev–Trinajstić information content (AvgIpc) is 2.19. The van der Waals surface area contributed by atoms with Crippen molar-refractivity contribution in [1.82, 2.24) is 5.32 Å². The number of carbonyl (C=O) groups is 1. The second-order valence-corrected chi connectivity index (χ2v) is 4.41. The summed E-state index contributed by atoms with van der Waals surface area (Å²) < 4.78 is 4.92. The van der Waals surface area contributed by atoms with E-state index in [1.807, 2.05) is 6.92 Å². The molecule has 0 aromatic heterocycles. The predicted octanol–water partition coefficient (Wildman–Crippen LogP) is 2.25. The number of hydrogen-bond donors (Lipinski definition) is 1. The first-order valence-corrected chi connectivity index (χ1v) is 6.14. The van der Waals surface area contributed by atoms with Crippen LogP contribution in [0.5, 0.6) is 0 Å². The highest BCUT2D eigenvalue weighted by Crippen LogP contribution is 2.18. The summed E-state index contributed by atoms with van der Waals surface area (Å²) in [6.07, 6.45) is 7.02. The molecular formula is C12H23NO2. The van der Waals surface area contributed by atoms with Crippen LogP contribution in [0.15, 0.2) is 0 Å². The molecule has 3 heteroatoms. The quantitative estimate of drug-likeness (QED) is 0.712. The first kappa shape index (κ1) is 12.5. The minimum absolute atomic E-state index is 0.0895. The van der Waals surface area contributed by atoms with Crippen molar-refractivity contribution >= 4 is 5.97 Å². The van der Waals surface area contributed by atoms with Gasteiger partial charge in [0.05, 0.1) is 13.0 Å². The van der Waals surface area contributed by atoms with Crippen LogP contribution in [-0.2, 0) is 9.53 Å². The number of carbonyl (C=O) groups excluding carboxylic acids is 1. The van der Waals surface area contributed by atoms with Crippen LogP contribution in [-0.4, -0.2) is 24.7 Å². The molecule has 1 aliphatic rings. The van der Waals surface area contributed by atoms with Crippen molar-refractivity contribution in [1.29, 1.82) is 0 Å². The Labute approximate surface area is 92.6 Å². The second kappa shape index (κ2) is 6.83. The van der Waals surface area contributed by atoms with Crippen molar-refractivity contribution in [3.63, 3.8) is 0 Å². The van der Waals surface area contributed by atoms with E-state index in [0.717, 1.165) is 0 Å². The van der Waals surface area contributed by atoms with Crippen LogP contribution in [0.2, 0.25) is 0 Å². The molecule has 1 saturated carbocycles. The summed E-state index contributed by atoms with van der Waals surface area (Å²) in [6.45, 7) is 4.39. The van der Waals surface area contributed by atoms with Crippen molar-refractivity contribution in [2.24, 2.45) is 0 Å². The van der Waals surface area contributed by atoms with Crippen molar-refractivity contribution < 1.29 is 9.53 Å². The fraction of sp³-hybridized carbons (Fsp3) is 0.917. The molecule has 0 saturated heterocycles. The summed E-state index contributed by atoms with van der Waals surface area (Å²) in [7, 11) is 0. The lowest BCUT2D eigenvalue weighted by Gasteiger charge is -2.26. The molecule has 0 heterocycles. The van der Waals surface area contributed by atoms with Crippen LogP contribution >= 0.6 is 0 Å². The summed E-state index contributed by atoms with van der Waals surface area (Å²) in [5.41, 5.74) is 0. The molecule has 0 spiro atoms. The van der Waals surface area contributed by atoms with Crippen LogP contribution in [0.1, 0.15) is 52.4 Å². The number of rotatable bonds is 5. The Kier molecular flexibility index (Phi) is 5.69. The van der Waals surface area contributed by atoms with E-state index in [0.29, 0.717) is 19.1 Å². The van der Waals surface area contributed by atoms with Crippen LogP contribution in [0, 0.1) is 0 Å². The van der Waals surface area contributed by atoms with Gasteiger partial charge in [-0.25, -0.2) is 0 Å². The lowest BCUT2D eigenvalue weighted by atomic mass is 9.95. The van der Waals surface area contributed by atoms with E-state index in [1.54, 1.807) is 0 Å². The van der Waals surface area contributed by atoms with Gasteiger partial charge in [0.2, 0.25) is 0 Å². The molecule has 0 aromatic carbocycles. The Bertz CT molecular complexity index is 188. The van der Waals surface area contributed by atoms with Gasteiger partial charge in [0.15, 0.2) is 0 Å². The zero-order valence-corrected chi connectivity index (χ0v) is 9.92. The van der Waals surface area contributed by atoms with E-state index >= 15 is 0 Å². The lowest BCUT2D eigenvalue weighted by molar-refractivity contribution is -0.143. The Morgan fingerprint density at radius 3 is 2.67 bits per heavy atom. The van der Waals surface area contributed by atoms with Gasteiger partial charge in [0, 0.05) is 12.1 Å². The van der Waals surface area contributed by atoms with E-state index in [2.05, 4.69) is 12.2 Å². The van der Waals surface area contributed by atoms with Gasteiger partial charge in [-0.15, -0.1) is 0 Å². The minimum atomic E-state index is -0.0895. The molecule has 1 N–H and O–H groups in total. The fourth-order valence-corrected chi connectivity index (χ4v) is 2.20. The van der Waals surface area contributed by atoms with Crippen LogP contribution in [0.4, 0.5) is 0 Å². The molecule has 0 amide bonds. The average molecular weight is 213 g/mol. The normalized spacial score (nSPS) is 19.9. The first-order valence-electron chi connectivity index (χ1n) is 6.14. The SMILES string of the molecule is CCOC(=O)C[C@@H](C)NC1CCCCC1. The molecule has 1 atom stereocenters. The van der Waals surface area contributed by atoms with Crippen LogP contribution in [0.25, 0.3) is 0 Å². The molecule has 1 fully saturated rings. The summed E-state index contributed by atoms with van der Waals surface area (Å²) in [4.78, 5) is 11.2. The molecule has 0 radical (unpaired) electrons. The van der Waals surface area contributed by atoms with Crippen molar-refractivity contribution in [3.8, 4) is 0 Å². The number of hydrogen-bond acceptors (Lipinski definition) is 3. The summed E-state index contributed by atoms with van der Waals surface area (Å²) in [5.74, 6) is -0.0895. The maximum atomic E-state index is 11.2. The van der Waals surface area contributed by atoms with Gasteiger partial charge < -0.3 is 10.1 Å². The third kappa shape index (κ3) is 5.17. The van der Waals surface area contributed by atoms with Gasteiger partial charge in [-0.05, 0) is 26.7 Å². The van der Waals surface area contributed by atoms with Gasteiger partial charge >= 0.3 is 5.97 Å². The Balaban J connectivity index is 2.16. The summed E-state index contributed by atoms with van der Waals surface area (Å²) in [6, 6.07) is 0.857. The Morgan fingerprint density at radius 1 is 1.40 bits per heavy atom. The second-order valence-electron chi connectivity index (χ2n) is 4.41. The van der Waals surface area contributed by atoms with Crippen molar-refractivity contribution in [2.75, 3.05) is 6.61 Å². The largest absolute Gasteiger partial charge is 0.466 e. The fourth-order valence-electron chi connectivity index (χ4n) is 2.20. The zero-order valence-electron chi connectivity index (χ0n) is 9.92. The third-order valence-electron chi connectivity index (χ3n) is 2.90. The molecule has 0 aromatic rings. The minimum Gasteiger partial charge on any atom is -0.466 e. The van der Waals surface area contributed by atoms with E-state index in [9.17, 15) is 4.79 Å².